The Balaban J connectivity index is 2.49. The molecule has 116 valence electrons. The second kappa shape index (κ2) is 8.74. The summed E-state index contributed by atoms with van der Waals surface area (Å²) >= 11 is 3.27. The molecule has 1 atom stereocenters. The zero-order chi connectivity index (χ0) is 15.8. The van der Waals surface area contributed by atoms with Crippen molar-refractivity contribution in [3.63, 3.8) is 0 Å². The monoisotopic (exact) mass is 357 g/mol. The Labute approximate surface area is 132 Å². The predicted molar refractivity (Wildman–Crippen MR) is 83.8 cm³/mol. The summed E-state index contributed by atoms with van der Waals surface area (Å²) in [6, 6.07) is 2.98. The van der Waals surface area contributed by atoms with E-state index in [9.17, 15) is 9.59 Å². The quantitative estimate of drug-likeness (QED) is 0.729. The molecule has 2 N–H and O–H groups in total. The molecule has 1 rings (SSSR count). The fourth-order valence-electron chi connectivity index (χ4n) is 1.73. The van der Waals surface area contributed by atoms with Crippen molar-refractivity contribution in [2.45, 2.75) is 26.3 Å². The topological polar surface area (TPSA) is 80.3 Å². The van der Waals surface area contributed by atoms with Gasteiger partial charge in [0.15, 0.2) is 0 Å². The molecule has 1 aromatic heterocycles. The molecule has 0 spiro atoms. The minimum absolute atomic E-state index is 0.0181. The van der Waals surface area contributed by atoms with Crippen molar-refractivity contribution in [2.24, 2.45) is 5.92 Å². The van der Waals surface area contributed by atoms with Gasteiger partial charge < -0.3 is 10.1 Å². The average molecular weight is 358 g/mol. The van der Waals surface area contributed by atoms with Gasteiger partial charge in [0.2, 0.25) is 5.91 Å². The summed E-state index contributed by atoms with van der Waals surface area (Å²) < 4.78 is 5.56. The summed E-state index contributed by atoms with van der Waals surface area (Å²) in [5.41, 5.74) is 0. The standard InChI is InChI=1S/C14H20BrN3O3/c1-9(2)6-11(14(20)21-3)16-8-13(19)18-12-5-4-10(15)7-17-12/h4-5,7,9,11,16H,6,8H2,1-3H3,(H,17,18,19). The van der Waals surface area contributed by atoms with Crippen LogP contribution in [0.2, 0.25) is 0 Å². The average Bonchev–Trinajstić information content (AvgIpc) is 2.44. The number of ether oxygens (including phenoxy) is 1. The van der Waals surface area contributed by atoms with Gasteiger partial charge in [-0.1, -0.05) is 13.8 Å². The van der Waals surface area contributed by atoms with Crippen LogP contribution in [0.15, 0.2) is 22.8 Å². The molecular weight excluding hydrogens is 338 g/mol. The van der Waals surface area contributed by atoms with Crippen LogP contribution in [0.3, 0.4) is 0 Å². The molecule has 0 saturated heterocycles. The molecule has 0 radical (unpaired) electrons. The molecule has 0 bridgehead atoms. The van der Waals surface area contributed by atoms with Crippen molar-refractivity contribution >= 4 is 33.6 Å². The van der Waals surface area contributed by atoms with E-state index in [4.69, 9.17) is 4.74 Å². The molecule has 0 aliphatic heterocycles. The van der Waals surface area contributed by atoms with E-state index in [1.807, 2.05) is 13.8 Å². The van der Waals surface area contributed by atoms with E-state index in [0.29, 0.717) is 18.2 Å². The van der Waals surface area contributed by atoms with E-state index in [1.54, 1.807) is 18.3 Å². The number of carbonyl (C=O) groups excluding carboxylic acids is 2. The van der Waals surface area contributed by atoms with Gasteiger partial charge >= 0.3 is 5.97 Å². The largest absolute Gasteiger partial charge is 0.468 e. The number of esters is 1. The number of halogens is 1. The van der Waals surface area contributed by atoms with E-state index in [0.717, 1.165) is 4.47 Å². The number of nitrogens with zero attached hydrogens (tertiary/aromatic N) is 1. The molecular formula is C14H20BrN3O3. The van der Waals surface area contributed by atoms with Gasteiger partial charge in [-0.2, -0.15) is 0 Å². The van der Waals surface area contributed by atoms with Gasteiger partial charge in [-0.3, -0.25) is 14.9 Å². The number of hydrogen-bond donors (Lipinski definition) is 2. The third kappa shape index (κ3) is 6.68. The van der Waals surface area contributed by atoms with Crippen LogP contribution in [0.25, 0.3) is 0 Å². The summed E-state index contributed by atoms with van der Waals surface area (Å²) in [5.74, 6) is 0.155. The molecule has 0 saturated carbocycles. The summed E-state index contributed by atoms with van der Waals surface area (Å²) in [6.07, 6.45) is 2.20. The lowest BCUT2D eigenvalue weighted by atomic mass is 10.0. The molecule has 7 heteroatoms. The Morgan fingerprint density at radius 3 is 2.62 bits per heavy atom. The van der Waals surface area contributed by atoms with Crippen LogP contribution in [-0.2, 0) is 14.3 Å². The molecule has 0 fully saturated rings. The highest BCUT2D eigenvalue weighted by Crippen LogP contribution is 2.10. The first kappa shape index (κ1) is 17.6. The second-order valence-electron chi connectivity index (χ2n) is 5.00. The van der Waals surface area contributed by atoms with Crippen molar-refractivity contribution in [2.75, 3.05) is 19.0 Å². The lowest BCUT2D eigenvalue weighted by molar-refractivity contribution is -0.143. The Morgan fingerprint density at radius 2 is 2.10 bits per heavy atom. The Kier molecular flexibility index (Phi) is 7.31. The number of aromatic nitrogens is 1. The zero-order valence-corrected chi connectivity index (χ0v) is 13.9. The normalized spacial score (nSPS) is 12.0. The van der Waals surface area contributed by atoms with Gasteiger partial charge in [0.05, 0.1) is 13.7 Å². The van der Waals surface area contributed by atoms with Crippen LogP contribution in [0.4, 0.5) is 5.82 Å². The predicted octanol–water partition coefficient (Wildman–Crippen LogP) is 1.96. The molecule has 1 unspecified atom stereocenters. The minimum Gasteiger partial charge on any atom is -0.468 e. The molecule has 6 nitrogen and oxygen atoms in total. The fraction of sp³-hybridized carbons (Fsp3) is 0.500. The molecule has 0 aromatic carbocycles. The smallest absolute Gasteiger partial charge is 0.322 e. The summed E-state index contributed by atoms with van der Waals surface area (Å²) in [4.78, 5) is 27.5. The summed E-state index contributed by atoms with van der Waals surface area (Å²) in [6.45, 7) is 4.02. The molecule has 1 amide bonds. The Bertz CT molecular complexity index is 477. The number of hydrogen-bond acceptors (Lipinski definition) is 5. The number of anilines is 1. The molecule has 0 aliphatic rings. The van der Waals surface area contributed by atoms with Crippen LogP contribution in [-0.4, -0.2) is 36.6 Å². The number of carbonyl (C=O) groups is 2. The highest BCUT2D eigenvalue weighted by molar-refractivity contribution is 9.10. The van der Waals surface area contributed by atoms with Gasteiger partial charge in [0, 0.05) is 10.7 Å². The number of amides is 1. The highest BCUT2D eigenvalue weighted by Gasteiger charge is 2.20. The summed E-state index contributed by atoms with van der Waals surface area (Å²) in [7, 11) is 1.34. The second-order valence-corrected chi connectivity index (χ2v) is 5.91. The zero-order valence-electron chi connectivity index (χ0n) is 12.4. The molecule has 1 aromatic rings. The summed E-state index contributed by atoms with van der Waals surface area (Å²) in [5, 5.41) is 5.56. The van der Waals surface area contributed by atoms with Gasteiger partial charge in [-0.15, -0.1) is 0 Å². The van der Waals surface area contributed by atoms with Crippen LogP contribution in [0, 0.1) is 5.92 Å². The number of methoxy groups -OCH3 is 1. The van der Waals surface area contributed by atoms with Crippen molar-refractivity contribution in [1.29, 1.82) is 0 Å². The maximum Gasteiger partial charge on any atom is 0.322 e. The van der Waals surface area contributed by atoms with Crippen molar-refractivity contribution < 1.29 is 14.3 Å². The van der Waals surface area contributed by atoms with E-state index in [2.05, 4.69) is 31.5 Å². The lowest BCUT2D eigenvalue weighted by Crippen LogP contribution is -2.42. The number of nitrogens with one attached hydrogen (secondary N) is 2. The fourth-order valence-corrected chi connectivity index (χ4v) is 1.96. The van der Waals surface area contributed by atoms with Crippen molar-refractivity contribution in [3.8, 4) is 0 Å². The van der Waals surface area contributed by atoms with E-state index < -0.39 is 6.04 Å². The van der Waals surface area contributed by atoms with Crippen LogP contribution in [0.5, 0.6) is 0 Å². The third-order valence-corrected chi connectivity index (χ3v) is 3.17. The third-order valence-electron chi connectivity index (χ3n) is 2.70. The maximum atomic E-state index is 11.8. The van der Waals surface area contributed by atoms with Crippen molar-refractivity contribution in [1.82, 2.24) is 10.3 Å². The number of rotatable bonds is 7. The maximum absolute atomic E-state index is 11.8. The first-order valence-electron chi connectivity index (χ1n) is 6.65. The van der Waals surface area contributed by atoms with E-state index in [-0.39, 0.29) is 18.4 Å². The first-order chi connectivity index (χ1) is 9.92. The Morgan fingerprint density at radius 1 is 1.38 bits per heavy atom. The van der Waals surface area contributed by atoms with E-state index in [1.165, 1.54) is 7.11 Å². The lowest BCUT2D eigenvalue weighted by Gasteiger charge is -2.18. The van der Waals surface area contributed by atoms with Crippen LogP contribution >= 0.6 is 15.9 Å². The number of pyridine rings is 1. The van der Waals surface area contributed by atoms with Gasteiger partial charge in [-0.05, 0) is 40.4 Å². The highest BCUT2D eigenvalue weighted by atomic mass is 79.9. The molecule has 0 aliphatic carbocycles. The molecule has 21 heavy (non-hydrogen) atoms. The van der Waals surface area contributed by atoms with Gasteiger partial charge in [0.1, 0.15) is 11.9 Å². The Hall–Kier alpha value is -1.47. The first-order valence-corrected chi connectivity index (χ1v) is 7.44. The van der Waals surface area contributed by atoms with Gasteiger partial charge in [0.25, 0.3) is 0 Å². The van der Waals surface area contributed by atoms with E-state index >= 15 is 0 Å². The van der Waals surface area contributed by atoms with Crippen molar-refractivity contribution in [3.05, 3.63) is 22.8 Å². The van der Waals surface area contributed by atoms with Crippen LogP contribution < -0.4 is 10.6 Å². The minimum atomic E-state index is -0.487. The SMILES string of the molecule is COC(=O)C(CC(C)C)NCC(=O)Nc1ccc(Br)cn1. The van der Waals surface area contributed by atoms with Gasteiger partial charge in [-0.25, -0.2) is 4.98 Å². The molecule has 1 heterocycles. The van der Waals surface area contributed by atoms with Crippen LogP contribution in [0.1, 0.15) is 20.3 Å².